The number of carbonyl (C=O) groups is 1. The first-order valence-electron chi connectivity index (χ1n) is 10.5. The molecule has 0 spiro atoms. The molecule has 0 saturated carbocycles. The number of sulfone groups is 1. The van der Waals surface area contributed by atoms with Gasteiger partial charge in [-0.25, -0.2) is 21.6 Å². The number of carboxylic acids is 1. The number of thiophene rings is 1. The highest BCUT2D eigenvalue weighted by atomic mass is 32.2. The summed E-state index contributed by atoms with van der Waals surface area (Å²) in [4.78, 5) is 10.9. The summed E-state index contributed by atoms with van der Waals surface area (Å²) in [5, 5.41) is 10.6. The third kappa shape index (κ3) is 5.61. The Hall–Kier alpha value is -3.47. The molecular formula is C25H21NO6S3. The van der Waals surface area contributed by atoms with Gasteiger partial charge in [-0.1, -0.05) is 42.5 Å². The van der Waals surface area contributed by atoms with Crippen LogP contribution in [0.5, 0.6) is 0 Å². The SMILES string of the molecule is O=C(O)c1cccc(CCc2ccc(NS(=O)(=O)c3sccc3S(=O)(=O)c3ccccc3)cc2)c1. The van der Waals surface area contributed by atoms with Gasteiger partial charge in [0.25, 0.3) is 10.0 Å². The van der Waals surface area contributed by atoms with Gasteiger partial charge in [0.2, 0.25) is 9.84 Å². The number of nitrogens with one attached hydrogen (secondary N) is 1. The quantitative estimate of drug-likeness (QED) is 0.321. The number of aromatic carboxylic acids is 1. The fourth-order valence-electron chi connectivity index (χ4n) is 3.49. The molecule has 1 heterocycles. The van der Waals surface area contributed by atoms with Crippen LogP contribution < -0.4 is 4.72 Å². The first-order chi connectivity index (χ1) is 16.7. The van der Waals surface area contributed by atoms with Crippen LogP contribution in [-0.2, 0) is 32.7 Å². The van der Waals surface area contributed by atoms with Gasteiger partial charge in [0, 0.05) is 5.69 Å². The van der Waals surface area contributed by atoms with E-state index in [1.54, 1.807) is 54.6 Å². The van der Waals surface area contributed by atoms with Crippen LogP contribution in [0.1, 0.15) is 21.5 Å². The maximum Gasteiger partial charge on any atom is 0.335 e. The lowest BCUT2D eigenvalue weighted by Crippen LogP contribution is -2.15. The third-order valence-electron chi connectivity index (χ3n) is 5.27. The Morgan fingerprint density at radius 3 is 2.17 bits per heavy atom. The minimum absolute atomic E-state index is 0.0214. The van der Waals surface area contributed by atoms with Crippen molar-refractivity contribution in [1.29, 1.82) is 0 Å². The topological polar surface area (TPSA) is 118 Å². The van der Waals surface area contributed by atoms with E-state index < -0.39 is 25.8 Å². The van der Waals surface area contributed by atoms with Crippen molar-refractivity contribution in [3.63, 3.8) is 0 Å². The number of anilines is 1. The summed E-state index contributed by atoms with van der Waals surface area (Å²) in [7, 11) is -8.14. The molecule has 0 unspecified atom stereocenters. The molecule has 4 rings (SSSR count). The van der Waals surface area contributed by atoms with E-state index in [1.165, 1.54) is 29.6 Å². The van der Waals surface area contributed by atoms with E-state index in [1.807, 2.05) is 6.07 Å². The second kappa shape index (κ2) is 10.0. The van der Waals surface area contributed by atoms with Gasteiger partial charge in [-0.05, 0) is 71.8 Å². The molecule has 0 atom stereocenters. The molecule has 0 bridgehead atoms. The lowest BCUT2D eigenvalue weighted by atomic mass is 10.0. The highest BCUT2D eigenvalue weighted by Gasteiger charge is 2.29. The average Bonchev–Trinajstić information content (AvgIpc) is 3.36. The third-order valence-corrected chi connectivity index (χ3v) is 10.2. The Kier molecular flexibility index (Phi) is 7.06. The molecule has 0 amide bonds. The maximum atomic E-state index is 13.0. The van der Waals surface area contributed by atoms with E-state index in [-0.39, 0.29) is 19.6 Å². The van der Waals surface area contributed by atoms with Crippen LogP contribution >= 0.6 is 11.3 Å². The first-order valence-corrected chi connectivity index (χ1v) is 14.3. The van der Waals surface area contributed by atoms with Crippen LogP contribution in [0.4, 0.5) is 5.69 Å². The number of hydrogen-bond acceptors (Lipinski definition) is 6. The van der Waals surface area contributed by atoms with Crippen molar-refractivity contribution in [2.24, 2.45) is 0 Å². The molecule has 0 radical (unpaired) electrons. The maximum absolute atomic E-state index is 13.0. The molecule has 3 aromatic carbocycles. The molecule has 4 aromatic rings. The number of rotatable bonds is 9. The Bertz CT molecular complexity index is 1560. The van der Waals surface area contributed by atoms with E-state index in [0.717, 1.165) is 22.5 Å². The lowest BCUT2D eigenvalue weighted by Gasteiger charge is -2.10. The summed E-state index contributed by atoms with van der Waals surface area (Å²) < 4.78 is 54.2. The van der Waals surface area contributed by atoms with Crippen molar-refractivity contribution >= 4 is 42.9 Å². The Morgan fingerprint density at radius 2 is 1.49 bits per heavy atom. The molecule has 0 saturated heterocycles. The van der Waals surface area contributed by atoms with Gasteiger partial charge >= 0.3 is 5.97 Å². The molecule has 10 heteroatoms. The molecule has 1 aromatic heterocycles. The van der Waals surface area contributed by atoms with Crippen molar-refractivity contribution in [2.75, 3.05) is 4.72 Å². The zero-order valence-corrected chi connectivity index (χ0v) is 20.7. The first kappa shape index (κ1) is 24.6. The lowest BCUT2D eigenvalue weighted by molar-refractivity contribution is 0.0696. The van der Waals surface area contributed by atoms with Crippen molar-refractivity contribution < 1.29 is 26.7 Å². The largest absolute Gasteiger partial charge is 0.478 e. The van der Waals surface area contributed by atoms with Crippen molar-refractivity contribution in [3.8, 4) is 0 Å². The summed E-state index contributed by atoms with van der Waals surface area (Å²) in [5.41, 5.74) is 2.37. The van der Waals surface area contributed by atoms with E-state index in [0.29, 0.717) is 18.5 Å². The van der Waals surface area contributed by atoms with E-state index in [2.05, 4.69) is 4.72 Å². The molecule has 35 heavy (non-hydrogen) atoms. The predicted octanol–water partition coefficient (Wildman–Crippen LogP) is 4.87. The standard InChI is InChI=1S/C25H21NO6S3/c27-24(28)20-6-4-5-19(17-20)10-9-18-11-13-21(14-12-18)26-35(31,32)25-23(15-16-33-25)34(29,30)22-7-2-1-3-8-22/h1-8,11-17,26H,9-10H2,(H,27,28). The minimum atomic E-state index is -4.14. The fourth-order valence-corrected chi connectivity index (χ4v) is 8.13. The second-order valence-corrected chi connectivity index (χ2v) is 12.4. The number of hydrogen-bond donors (Lipinski definition) is 2. The number of aryl methyl sites for hydroxylation is 2. The fraction of sp³-hybridized carbons (Fsp3) is 0.0800. The number of carboxylic acid groups (broad SMARTS) is 1. The summed E-state index contributed by atoms with van der Waals surface area (Å²) in [6.07, 6.45) is 1.27. The van der Waals surface area contributed by atoms with Gasteiger partial charge in [0.1, 0.15) is 4.90 Å². The number of sulfonamides is 1. The Morgan fingerprint density at radius 1 is 0.800 bits per heavy atom. The van der Waals surface area contributed by atoms with Crippen molar-refractivity contribution in [3.05, 3.63) is 107 Å². The second-order valence-electron chi connectivity index (χ2n) is 7.70. The highest BCUT2D eigenvalue weighted by Crippen LogP contribution is 2.32. The van der Waals surface area contributed by atoms with Gasteiger partial charge in [-0.3, -0.25) is 4.72 Å². The molecule has 0 aliphatic carbocycles. The Labute approximate surface area is 207 Å². The molecule has 0 aliphatic rings. The molecule has 180 valence electrons. The molecular weight excluding hydrogens is 506 g/mol. The summed E-state index contributed by atoms with van der Waals surface area (Å²) in [6.45, 7) is 0. The average molecular weight is 528 g/mol. The molecule has 7 nitrogen and oxygen atoms in total. The van der Waals surface area contributed by atoms with Gasteiger partial charge < -0.3 is 5.11 Å². The smallest absolute Gasteiger partial charge is 0.335 e. The van der Waals surface area contributed by atoms with Crippen LogP contribution in [0, 0.1) is 0 Å². The minimum Gasteiger partial charge on any atom is -0.478 e. The molecule has 0 fully saturated rings. The van der Waals surface area contributed by atoms with Crippen LogP contribution in [0.15, 0.2) is 104 Å². The van der Waals surface area contributed by atoms with E-state index in [9.17, 15) is 21.6 Å². The van der Waals surface area contributed by atoms with E-state index >= 15 is 0 Å². The molecule has 0 aliphatic heterocycles. The summed E-state index contributed by atoms with van der Waals surface area (Å²) in [6, 6.07) is 22.5. The number of benzene rings is 3. The summed E-state index contributed by atoms with van der Waals surface area (Å²) in [5.74, 6) is -0.978. The molecule has 2 N–H and O–H groups in total. The van der Waals surface area contributed by atoms with Crippen LogP contribution in [0.25, 0.3) is 0 Å². The summed E-state index contributed by atoms with van der Waals surface area (Å²) >= 11 is 0.838. The van der Waals surface area contributed by atoms with Crippen LogP contribution in [-0.4, -0.2) is 27.9 Å². The predicted molar refractivity (Wildman–Crippen MR) is 134 cm³/mol. The van der Waals surface area contributed by atoms with Gasteiger partial charge in [-0.2, -0.15) is 0 Å². The zero-order chi connectivity index (χ0) is 25.1. The van der Waals surface area contributed by atoms with Gasteiger partial charge in [0.15, 0.2) is 4.21 Å². The highest BCUT2D eigenvalue weighted by molar-refractivity contribution is 7.96. The van der Waals surface area contributed by atoms with Gasteiger partial charge in [-0.15, -0.1) is 11.3 Å². The van der Waals surface area contributed by atoms with Crippen LogP contribution in [0.3, 0.4) is 0 Å². The normalized spacial score (nSPS) is 11.8. The van der Waals surface area contributed by atoms with Crippen LogP contribution in [0.2, 0.25) is 0 Å². The van der Waals surface area contributed by atoms with E-state index in [4.69, 9.17) is 5.11 Å². The monoisotopic (exact) mass is 527 g/mol. The van der Waals surface area contributed by atoms with Crippen molar-refractivity contribution in [1.82, 2.24) is 0 Å². The van der Waals surface area contributed by atoms with Crippen molar-refractivity contribution in [2.45, 2.75) is 26.8 Å². The Balaban J connectivity index is 1.48. The van der Waals surface area contributed by atoms with Gasteiger partial charge in [0.05, 0.1) is 10.5 Å². The zero-order valence-electron chi connectivity index (χ0n) is 18.3.